The molecular weight excluding hydrogens is 376 g/mol. The molecule has 1 aliphatic heterocycles. The van der Waals surface area contributed by atoms with E-state index in [2.05, 4.69) is 15.3 Å². The van der Waals surface area contributed by atoms with Crippen molar-refractivity contribution in [1.82, 2.24) is 24.3 Å². The second-order valence-corrected chi connectivity index (χ2v) is 8.53. The Hall–Kier alpha value is -2.78. The quantitative estimate of drug-likeness (QED) is 0.651. The standard InChI is InChI=1S/C19H22N6O2S/c1-2-16-4-6-17(7-5-16)28(26,27)24-14-12-23(13-15-24)18-8-9-19(22-21-18)25-11-3-10-20-25/h3-11H,2,12-15H2,1H3. The molecule has 3 heterocycles. The largest absolute Gasteiger partial charge is 0.352 e. The van der Waals surface area contributed by atoms with Gasteiger partial charge in [-0.05, 0) is 42.3 Å². The molecule has 4 rings (SSSR count). The van der Waals surface area contributed by atoms with Gasteiger partial charge in [-0.3, -0.25) is 0 Å². The van der Waals surface area contributed by atoms with Gasteiger partial charge in [-0.25, -0.2) is 13.1 Å². The van der Waals surface area contributed by atoms with Gasteiger partial charge in [0.2, 0.25) is 10.0 Å². The van der Waals surface area contributed by atoms with Gasteiger partial charge in [0.1, 0.15) is 0 Å². The van der Waals surface area contributed by atoms with Crippen LogP contribution in [0, 0.1) is 0 Å². The predicted molar refractivity (Wildman–Crippen MR) is 106 cm³/mol. The molecule has 0 saturated carbocycles. The van der Waals surface area contributed by atoms with E-state index < -0.39 is 10.0 Å². The van der Waals surface area contributed by atoms with E-state index in [0.29, 0.717) is 36.9 Å². The van der Waals surface area contributed by atoms with Crippen LogP contribution in [0.4, 0.5) is 5.82 Å². The highest BCUT2D eigenvalue weighted by molar-refractivity contribution is 7.89. The van der Waals surface area contributed by atoms with Crippen LogP contribution in [-0.4, -0.2) is 58.9 Å². The van der Waals surface area contributed by atoms with Gasteiger partial charge in [0.05, 0.1) is 4.90 Å². The summed E-state index contributed by atoms with van der Waals surface area (Å²) in [4.78, 5) is 2.40. The summed E-state index contributed by atoms with van der Waals surface area (Å²) in [5, 5.41) is 12.6. The van der Waals surface area contributed by atoms with Gasteiger partial charge in [-0.1, -0.05) is 19.1 Å². The Labute approximate surface area is 164 Å². The second kappa shape index (κ2) is 7.69. The zero-order chi connectivity index (χ0) is 19.6. The van der Waals surface area contributed by atoms with Crippen molar-refractivity contribution in [2.45, 2.75) is 18.2 Å². The van der Waals surface area contributed by atoms with E-state index >= 15 is 0 Å². The van der Waals surface area contributed by atoms with Gasteiger partial charge >= 0.3 is 0 Å². The lowest BCUT2D eigenvalue weighted by Gasteiger charge is -2.34. The van der Waals surface area contributed by atoms with Gasteiger partial charge in [-0.2, -0.15) is 9.40 Å². The lowest BCUT2D eigenvalue weighted by molar-refractivity contribution is 0.383. The van der Waals surface area contributed by atoms with E-state index in [4.69, 9.17) is 0 Å². The average molecular weight is 398 g/mol. The van der Waals surface area contributed by atoms with Crippen LogP contribution in [0.3, 0.4) is 0 Å². The summed E-state index contributed by atoms with van der Waals surface area (Å²) in [6, 6.07) is 12.7. The van der Waals surface area contributed by atoms with Crippen molar-refractivity contribution in [2.24, 2.45) is 0 Å². The number of hydrogen-bond acceptors (Lipinski definition) is 6. The highest BCUT2D eigenvalue weighted by Crippen LogP contribution is 2.20. The number of aromatic nitrogens is 4. The molecule has 1 saturated heterocycles. The molecule has 1 aliphatic rings. The molecule has 28 heavy (non-hydrogen) atoms. The summed E-state index contributed by atoms with van der Waals surface area (Å²) in [6.07, 6.45) is 4.38. The Kier molecular flexibility index (Phi) is 5.10. The Bertz CT molecular complexity index is 1010. The summed E-state index contributed by atoms with van der Waals surface area (Å²) < 4.78 is 28.9. The van der Waals surface area contributed by atoms with Crippen molar-refractivity contribution in [3.63, 3.8) is 0 Å². The van der Waals surface area contributed by atoms with Gasteiger partial charge in [-0.15, -0.1) is 10.2 Å². The summed E-state index contributed by atoms with van der Waals surface area (Å²) in [7, 11) is -3.47. The summed E-state index contributed by atoms with van der Waals surface area (Å²) in [5.74, 6) is 1.38. The number of aryl methyl sites for hydroxylation is 1. The number of nitrogens with zero attached hydrogens (tertiary/aromatic N) is 6. The molecule has 3 aromatic rings. The number of rotatable bonds is 5. The lowest BCUT2D eigenvalue weighted by Crippen LogP contribution is -2.49. The Morgan fingerprint density at radius 2 is 1.61 bits per heavy atom. The van der Waals surface area contributed by atoms with Crippen molar-refractivity contribution in [1.29, 1.82) is 0 Å². The monoisotopic (exact) mass is 398 g/mol. The first kappa shape index (κ1) is 18.6. The first-order valence-electron chi connectivity index (χ1n) is 9.26. The second-order valence-electron chi connectivity index (χ2n) is 6.59. The van der Waals surface area contributed by atoms with Crippen LogP contribution in [0.15, 0.2) is 59.8 Å². The zero-order valence-corrected chi connectivity index (χ0v) is 16.5. The maximum absolute atomic E-state index is 12.9. The third-order valence-electron chi connectivity index (χ3n) is 4.91. The number of hydrogen-bond donors (Lipinski definition) is 0. The molecular formula is C19H22N6O2S. The van der Waals surface area contributed by atoms with Crippen molar-refractivity contribution in [3.8, 4) is 5.82 Å². The summed E-state index contributed by atoms with van der Waals surface area (Å²) in [6.45, 7) is 4.03. The highest BCUT2D eigenvalue weighted by Gasteiger charge is 2.29. The minimum atomic E-state index is -3.47. The molecule has 0 aliphatic carbocycles. The molecule has 146 valence electrons. The minimum Gasteiger partial charge on any atom is -0.352 e. The molecule has 1 aromatic carbocycles. The zero-order valence-electron chi connectivity index (χ0n) is 15.6. The first-order valence-corrected chi connectivity index (χ1v) is 10.7. The molecule has 0 amide bonds. The fourth-order valence-corrected chi connectivity index (χ4v) is 4.64. The van der Waals surface area contributed by atoms with E-state index in [-0.39, 0.29) is 0 Å². The molecule has 2 aromatic heterocycles. The van der Waals surface area contributed by atoms with Crippen LogP contribution in [0.1, 0.15) is 12.5 Å². The fourth-order valence-electron chi connectivity index (χ4n) is 3.22. The van der Waals surface area contributed by atoms with E-state index in [0.717, 1.165) is 17.8 Å². The number of piperazine rings is 1. The molecule has 0 spiro atoms. The van der Waals surface area contributed by atoms with Crippen molar-refractivity contribution in [2.75, 3.05) is 31.1 Å². The molecule has 9 heteroatoms. The molecule has 0 radical (unpaired) electrons. The smallest absolute Gasteiger partial charge is 0.243 e. The molecule has 0 atom stereocenters. The molecule has 0 bridgehead atoms. The van der Waals surface area contributed by atoms with Crippen LogP contribution < -0.4 is 4.90 Å². The van der Waals surface area contributed by atoms with Crippen LogP contribution >= 0.6 is 0 Å². The SMILES string of the molecule is CCc1ccc(S(=O)(=O)N2CCN(c3ccc(-n4cccn4)nn3)CC2)cc1. The fraction of sp³-hybridized carbons (Fsp3) is 0.316. The van der Waals surface area contributed by atoms with Crippen molar-refractivity contribution in [3.05, 3.63) is 60.4 Å². The first-order chi connectivity index (χ1) is 13.6. The van der Waals surface area contributed by atoms with E-state index in [1.807, 2.05) is 42.2 Å². The summed E-state index contributed by atoms with van der Waals surface area (Å²) in [5.41, 5.74) is 1.13. The number of sulfonamides is 1. The Morgan fingerprint density at radius 1 is 0.929 bits per heavy atom. The predicted octanol–water partition coefficient (Wildman–Crippen LogP) is 1.74. The van der Waals surface area contributed by atoms with E-state index in [9.17, 15) is 8.42 Å². The Balaban J connectivity index is 1.42. The lowest BCUT2D eigenvalue weighted by atomic mass is 10.2. The van der Waals surface area contributed by atoms with E-state index in [1.54, 1.807) is 29.2 Å². The average Bonchev–Trinajstić information content (AvgIpc) is 3.29. The van der Waals surface area contributed by atoms with Crippen LogP contribution in [-0.2, 0) is 16.4 Å². The van der Waals surface area contributed by atoms with Gasteiger partial charge < -0.3 is 4.90 Å². The number of anilines is 1. The molecule has 1 fully saturated rings. The van der Waals surface area contributed by atoms with Crippen LogP contribution in [0.2, 0.25) is 0 Å². The Morgan fingerprint density at radius 3 is 2.18 bits per heavy atom. The van der Waals surface area contributed by atoms with Crippen LogP contribution in [0.5, 0.6) is 0 Å². The highest BCUT2D eigenvalue weighted by atomic mass is 32.2. The summed E-state index contributed by atoms with van der Waals surface area (Å²) >= 11 is 0. The van der Waals surface area contributed by atoms with Crippen LogP contribution in [0.25, 0.3) is 5.82 Å². The number of benzene rings is 1. The van der Waals surface area contributed by atoms with Gasteiger partial charge in [0.15, 0.2) is 11.6 Å². The third-order valence-corrected chi connectivity index (χ3v) is 6.82. The minimum absolute atomic E-state index is 0.349. The van der Waals surface area contributed by atoms with Gasteiger partial charge in [0, 0.05) is 38.6 Å². The van der Waals surface area contributed by atoms with Crippen molar-refractivity contribution < 1.29 is 8.42 Å². The molecule has 8 nitrogen and oxygen atoms in total. The van der Waals surface area contributed by atoms with Gasteiger partial charge in [0.25, 0.3) is 0 Å². The normalized spacial score (nSPS) is 15.7. The van der Waals surface area contributed by atoms with E-state index in [1.165, 1.54) is 4.31 Å². The third kappa shape index (κ3) is 3.63. The maximum atomic E-state index is 12.9. The molecule has 0 unspecified atom stereocenters. The molecule has 0 N–H and O–H groups in total. The van der Waals surface area contributed by atoms with Crippen molar-refractivity contribution >= 4 is 15.8 Å². The maximum Gasteiger partial charge on any atom is 0.243 e. The topological polar surface area (TPSA) is 84.2 Å².